The number of H-pyrrole nitrogens is 1. The van der Waals surface area contributed by atoms with E-state index in [4.69, 9.17) is 0 Å². The summed E-state index contributed by atoms with van der Waals surface area (Å²) in [4.78, 5) is 17.7. The Morgan fingerprint density at radius 2 is 2.13 bits per heavy atom. The van der Waals surface area contributed by atoms with Crippen LogP contribution in [0, 0.1) is 0 Å². The molecule has 1 heterocycles. The molecule has 15 heavy (non-hydrogen) atoms. The summed E-state index contributed by atoms with van der Waals surface area (Å²) in [6, 6.07) is 1.40. The highest BCUT2D eigenvalue weighted by atomic mass is 32.2. The van der Waals surface area contributed by atoms with Crippen LogP contribution in [0.4, 0.5) is 0 Å². The van der Waals surface area contributed by atoms with E-state index in [0.717, 1.165) is 12.7 Å². The van der Waals surface area contributed by atoms with Gasteiger partial charge in [-0.3, -0.25) is 4.79 Å². The van der Waals surface area contributed by atoms with Gasteiger partial charge in [0.2, 0.25) is 0 Å². The first kappa shape index (κ1) is 11.9. The van der Waals surface area contributed by atoms with Gasteiger partial charge in [-0.15, -0.1) is 0 Å². The number of nitrogens with zero attached hydrogens (tertiary/aromatic N) is 1. The molecule has 0 aliphatic heterocycles. The summed E-state index contributed by atoms with van der Waals surface area (Å²) < 4.78 is 22.0. The van der Waals surface area contributed by atoms with Crippen LogP contribution in [-0.4, -0.2) is 24.6 Å². The standard InChI is InChI=1S/C9H14N2O3S/c1-3-4-7-5-9(12)11-8(10-7)6-15(2,13)14/h5H,3-4,6H2,1-2H3,(H,10,11,12). The molecule has 0 spiro atoms. The minimum absolute atomic E-state index is 0.216. The van der Waals surface area contributed by atoms with Crippen LogP contribution < -0.4 is 5.56 Å². The van der Waals surface area contributed by atoms with Crippen molar-refractivity contribution in [1.82, 2.24) is 9.97 Å². The van der Waals surface area contributed by atoms with E-state index in [-0.39, 0.29) is 17.1 Å². The van der Waals surface area contributed by atoms with Gasteiger partial charge in [0.25, 0.3) is 5.56 Å². The van der Waals surface area contributed by atoms with E-state index in [1.54, 1.807) is 0 Å². The van der Waals surface area contributed by atoms with E-state index in [1.165, 1.54) is 6.07 Å². The smallest absolute Gasteiger partial charge is 0.251 e. The average Bonchev–Trinajstić information content (AvgIpc) is 1.99. The largest absolute Gasteiger partial charge is 0.310 e. The molecule has 84 valence electrons. The first-order valence-electron chi connectivity index (χ1n) is 4.67. The lowest BCUT2D eigenvalue weighted by molar-refractivity contribution is 0.599. The zero-order valence-corrected chi connectivity index (χ0v) is 9.60. The van der Waals surface area contributed by atoms with Gasteiger partial charge in [-0.2, -0.15) is 0 Å². The van der Waals surface area contributed by atoms with Gasteiger partial charge >= 0.3 is 0 Å². The van der Waals surface area contributed by atoms with Gasteiger partial charge in [-0.05, 0) is 6.42 Å². The van der Waals surface area contributed by atoms with Gasteiger partial charge in [-0.25, -0.2) is 13.4 Å². The molecule has 0 aromatic carbocycles. The second kappa shape index (κ2) is 4.57. The van der Waals surface area contributed by atoms with E-state index in [9.17, 15) is 13.2 Å². The van der Waals surface area contributed by atoms with Crippen LogP contribution in [0.2, 0.25) is 0 Å². The summed E-state index contributed by atoms with van der Waals surface area (Å²) in [7, 11) is -3.16. The monoisotopic (exact) mass is 230 g/mol. The molecular formula is C9H14N2O3S. The fourth-order valence-corrected chi connectivity index (χ4v) is 1.90. The van der Waals surface area contributed by atoms with E-state index >= 15 is 0 Å². The van der Waals surface area contributed by atoms with E-state index in [0.29, 0.717) is 12.1 Å². The lowest BCUT2D eigenvalue weighted by atomic mass is 10.2. The Kier molecular flexibility index (Phi) is 3.62. The van der Waals surface area contributed by atoms with E-state index in [1.807, 2.05) is 6.92 Å². The minimum Gasteiger partial charge on any atom is -0.310 e. The van der Waals surface area contributed by atoms with Crippen LogP contribution in [0.15, 0.2) is 10.9 Å². The second-order valence-electron chi connectivity index (χ2n) is 3.50. The molecule has 0 aliphatic rings. The number of nitrogens with one attached hydrogen (secondary N) is 1. The molecule has 0 radical (unpaired) electrons. The highest BCUT2D eigenvalue weighted by Crippen LogP contribution is 2.00. The number of hydrogen-bond donors (Lipinski definition) is 1. The van der Waals surface area contributed by atoms with Crippen LogP contribution in [0.1, 0.15) is 24.9 Å². The van der Waals surface area contributed by atoms with Gasteiger partial charge in [0.1, 0.15) is 11.6 Å². The summed E-state index contributed by atoms with van der Waals surface area (Å²) in [5, 5.41) is 0. The molecule has 5 nitrogen and oxygen atoms in total. The molecule has 0 bridgehead atoms. The third kappa shape index (κ3) is 4.24. The number of sulfone groups is 1. The van der Waals surface area contributed by atoms with E-state index < -0.39 is 9.84 Å². The summed E-state index contributed by atoms with van der Waals surface area (Å²) in [5.41, 5.74) is 0.340. The Hall–Kier alpha value is -1.17. The molecule has 1 aromatic heterocycles. The van der Waals surface area contributed by atoms with Crippen LogP contribution in [0.3, 0.4) is 0 Å². The first-order valence-corrected chi connectivity index (χ1v) is 6.73. The van der Waals surface area contributed by atoms with Crippen LogP contribution in [0.25, 0.3) is 0 Å². The molecule has 0 atom stereocenters. The zero-order chi connectivity index (χ0) is 11.5. The predicted molar refractivity (Wildman–Crippen MR) is 57.4 cm³/mol. The second-order valence-corrected chi connectivity index (χ2v) is 5.64. The zero-order valence-electron chi connectivity index (χ0n) is 8.78. The molecule has 0 unspecified atom stereocenters. The average molecular weight is 230 g/mol. The lowest BCUT2D eigenvalue weighted by Crippen LogP contribution is -2.15. The molecule has 0 amide bonds. The highest BCUT2D eigenvalue weighted by molar-refractivity contribution is 7.89. The fourth-order valence-electron chi connectivity index (χ4n) is 1.26. The Labute approximate surface area is 88.5 Å². The Morgan fingerprint density at radius 1 is 1.47 bits per heavy atom. The maximum absolute atomic E-state index is 11.2. The van der Waals surface area contributed by atoms with Crippen molar-refractivity contribution in [1.29, 1.82) is 0 Å². The van der Waals surface area contributed by atoms with Gasteiger partial charge in [0, 0.05) is 18.0 Å². The number of rotatable bonds is 4. The van der Waals surface area contributed by atoms with Crippen molar-refractivity contribution in [2.45, 2.75) is 25.5 Å². The molecule has 0 saturated carbocycles. The third-order valence-corrected chi connectivity index (χ3v) is 2.55. The molecule has 1 N–H and O–H groups in total. The van der Waals surface area contributed by atoms with Gasteiger partial charge < -0.3 is 4.98 Å². The molecule has 0 fully saturated rings. The number of hydrogen-bond acceptors (Lipinski definition) is 4. The lowest BCUT2D eigenvalue weighted by Gasteiger charge is -2.01. The summed E-state index contributed by atoms with van der Waals surface area (Å²) in [6.45, 7) is 1.97. The van der Waals surface area contributed by atoms with Crippen molar-refractivity contribution in [3.63, 3.8) is 0 Å². The van der Waals surface area contributed by atoms with Crippen LogP contribution in [-0.2, 0) is 22.0 Å². The first-order chi connectivity index (χ1) is 6.90. The van der Waals surface area contributed by atoms with Crippen molar-refractivity contribution < 1.29 is 8.42 Å². The Balaban J connectivity index is 3.04. The molecule has 1 aromatic rings. The number of aryl methyl sites for hydroxylation is 1. The summed E-state index contributed by atoms with van der Waals surface area (Å²) in [5.74, 6) is -0.00627. The predicted octanol–water partition coefficient (Wildman–Crippen LogP) is 0.267. The molecule has 0 saturated heterocycles. The van der Waals surface area contributed by atoms with Crippen molar-refractivity contribution in [2.24, 2.45) is 0 Å². The van der Waals surface area contributed by atoms with Crippen molar-refractivity contribution >= 4 is 9.84 Å². The maximum Gasteiger partial charge on any atom is 0.251 e. The van der Waals surface area contributed by atoms with E-state index in [2.05, 4.69) is 9.97 Å². The molecule has 0 aliphatic carbocycles. The van der Waals surface area contributed by atoms with Crippen LogP contribution >= 0.6 is 0 Å². The van der Waals surface area contributed by atoms with Gasteiger partial charge in [0.15, 0.2) is 9.84 Å². The van der Waals surface area contributed by atoms with Gasteiger partial charge in [-0.1, -0.05) is 13.3 Å². The maximum atomic E-state index is 11.2. The summed E-state index contributed by atoms with van der Waals surface area (Å²) >= 11 is 0. The number of aromatic amines is 1. The normalized spacial score (nSPS) is 11.6. The van der Waals surface area contributed by atoms with Crippen molar-refractivity contribution in [3.8, 4) is 0 Å². The van der Waals surface area contributed by atoms with Crippen LogP contribution in [0.5, 0.6) is 0 Å². The van der Waals surface area contributed by atoms with Gasteiger partial charge in [0.05, 0.1) is 0 Å². The quantitative estimate of drug-likeness (QED) is 0.805. The SMILES string of the molecule is CCCc1cc(=O)[nH]c(CS(C)(=O)=O)n1. The highest BCUT2D eigenvalue weighted by Gasteiger charge is 2.08. The summed E-state index contributed by atoms with van der Waals surface area (Å²) in [6.07, 6.45) is 2.66. The topological polar surface area (TPSA) is 79.9 Å². The molecular weight excluding hydrogens is 216 g/mol. The minimum atomic E-state index is -3.16. The molecule has 1 rings (SSSR count). The Bertz CT molecular complexity index is 490. The Morgan fingerprint density at radius 3 is 2.67 bits per heavy atom. The van der Waals surface area contributed by atoms with Crippen molar-refractivity contribution in [3.05, 3.63) is 27.9 Å². The molecule has 6 heteroatoms. The third-order valence-electron chi connectivity index (χ3n) is 1.75. The van der Waals surface area contributed by atoms with Crippen molar-refractivity contribution in [2.75, 3.05) is 6.26 Å². The fraction of sp³-hybridized carbons (Fsp3) is 0.556. The number of aromatic nitrogens is 2.